The smallest absolute Gasteiger partial charge is 0.195 e. The van der Waals surface area contributed by atoms with Crippen LogP contribution in [-0.4, -0.2) is 0 Å². The Labute approximate surface area is 95.6 Å². The highest BCUT2D eigenvalue weighted by molar-refractivity contribution is 6.55. The summed E-state index contributed by atoms with van der Waals surface area (Å²) < 4.78 is 37.3. The minimum absolute atomic E-state index is 0.0381. The lowest BCUT2D eigenvalue weighted by Gasteiger charge is -1.97. The van der Waals surface area contributed by atoms with Crippen molar-refractivity contribution in [1.29, 1.82) is 0 Å². The van der Waals surface area contributed by atoms with Crippen LogP contribution in [0.15, 0.2) is 29.8 Å². The third-order valence-corrected chi connectivity index (χ3v) is 1.28. The number of benzene rings is 1. The van der Waals surface area contributed by atoms with Crippen LogP contribution in [0, 0.1) is 17.5 Å². The van der Waals surface area contributed by atoms with E-state index in [0.29, 0.717) is 0 Å². The Morgan fingerprint density at radius 2 is 1.60 bits per heavy atom. The first-order valence-corrected chi connectivity index (χ1v) is 4.41. The van der Waals surface area contributed by atoms with Gasteiger partial charge in [-0.15, -0.1) is 0 Å². The van der Waals surface area contributed by atoms with Crippen LogP contribution in [0.1, 0.15) is 5.56 Å². The van der Waals surface area contributed by atoms with E-state index in [4.69, 9.17) is 23.2 Å². The first kappa shape index (κ1) is 14.1. The standard InChI is InChI=1S/C8H5F3.C2H2Cl2/c1-2-5-3-4-6(9)8(11)7(5)10;1-2(3)4/h2-4H,1H2;1H2. The molecular weight excluding hydrogens is 248 g/mol. The molecule has 5 heteroatoms. The molecule has 0 aromatic heterocycles. The van der Waals surface area contributed by atoms with Crippen molar-refractivity contribution in [2.24, 2.45) is 0 Å². The molecule has 0 atom stereocenters. The summed E-state index contributed by atoms with van der Waals surface area (Å²) in [5, 5.41) is 0. The van der Waals surface area contributed by atoms with Crippen LogP contribution in [0.2, 0.25) is 0 Å². The zero-order chi connectivity index (χ0) is 12.0. The Hall–Kier alpha value is -0.930. The van der Waals surface area contributed by atoms with Crippen LogP contribution in [-0.2, 0) is 0 Å². The first-order chi connectivity index (χ1) is 6.90. The van der Waals surface area contributed by atoms with Gasteiger partial charge in [-0.1, -0.05) is 42.4 Å². The summed E-state index contributed by atoms with van der Waals surface area (Å²) in [5.74, 6) is -3.84. The van der Waals surface area contributed by atoms with Gasteiger partial charge in [0.2, 0.25) is 0 Å². The zero-order valence-corrected chi connectivity index (χ0v) is 9.05. The molecule has 1 rings (SSSR count). The highest BCUT2D eigenvalue weighted by Gasteiger charge is 2.10. The second kappa shape index (κ2) is 6.53. The van der Waals surface area contributed by atoms with Crippen LogP contribution in [0.5, 0.6) is 0 Å². The highest BCUT2D eigenvalue weighted by Crippen LogP contribution is 2.15. The van der Waals surface area contributed by atoms with Crippen molar-refractivity contribution < 1.29 is 13.2 Å². The molecule has 82 valence electrons. The topological polar surface area (TPSA) is 0 Å². The van der Waals surface area contributed by atoms with Gasteiger partial charge in [0.25, 0.3) is 0 Å². The molecule has 0 saturated heterocycles. The third-order valence-electron chi connectivity index (χ3n) is 1.28. The van der Waals surface area contributed by atoms with Crippen LogP contribution < -0.4 is 0 Å². The number of hydrogen-bond donors (Lipinski definition) is 0. The van der Waals surface area contributed by atoms with Crippen LogP contribution in [0.4, 0.5) is 13.2 Å². The summed E-state index contributed by atoms with van der Waals surface area (Å²) in [4.78, 5) is 0. The lowest BCUT2D eigenvalue weighted by Crippen LogP contribution is -1.92. The maximum atomic E-state index is 12.6. The summed E-state index contributed by atoms with van der Waals surface area (Å²) in [6.07, 6.45) is 1.12. The van der Waals surface area contributed by atoms with E-state index in [1.807, 2.05) is 0 Å². The molecule has 0 aliphatic heterocycles. The second-order valence-corrected chi connectivity index (χ2v) is 3.41. The molecule has 0 fully saturated rings. The molecule has 0 saturated carbocycles. The van der Waals surface area contributed by atoms with Crippen molar-refractivity contribution in [3.8, 4) is 0 Å². The van der Waals surface area contributed by atoms with Crippen molar-refractivity contribution in [3.05, 3.63) is 52.8 Å². The van der Waals surface area contributed by atoms with E-state index in [9.17, 15) is 13.2 Å². The minimum atomic E-state index is -1.46. The molecule has 0 spiro atoms. The molecule has 15 heavy (non-hydrogen) atoms. The van der Waals surface area contributed by atoms with E-state index in [2.05, 4.69) is 13.2 Å². The molecule has 0 heterocycles. The maximum absolute atomic E-state index is 12.6. The van der Waals surface area contributed by atoms with Crippen molar-refractivity contribution in [1.82, 2.24) is 0 Å². The molecule has 0 radical (unpaired) electrons. The van der Waals surface area contributed by atoms with Crippen molar-refractivity contribution >= 4 is 29.3 Å². The van der Waals surface area contributed by atoms with E-state index in [1.165, 1.54) is 0 Å². The van der Waals surface area contributed by atoms with E-state index < -0.39 is 17.5 Å². The van der Waals surface area contributed by atoms with Gasteiger partial charge in [-0.05, 0) is 12.1 Å². The largest absolute Gasteiger partial charge is 0.204 e. The predicted molar refractivity (Wildman–Crippen MR) is 57.3 cm³/mol. The number of rotatable bonds is 1. The molecule has 1 aromatic rings. The summed E-state index contributed by atoms with van der Waals surface area (Å²) in [6, 6.07) is 1.98. The van der Waals surface area contributed by atoms with Gasteiger partial charge in [-0.25, -0.2) is 13.2 Å². The zero-order valence-electron chi connectivity index (χ0n) is 7.54. The fraction of sp³-hybridized carbons (Fsp3) is 0. The summed E-state index contributed by atoms with van der Waals surface area (Å²) in [6.45, 7) is 6.32. The Morgan fingerprint density at radius 1 is 1.13 bits per heavy atom. The molecule has 0 aliphatic carbocycles. The van der Waals surface area contributed by atoms with Gasteiger partial charge in [-0.2, -0.15) is 0 Å². The number of halogens is 5. The van der Waals surface area contributed by atoms with Crippen molar-refractivity contribution in [3.63, 3.8) is 0 Å². The number of hydrogen-bond acceptors (Lipinski definition) is 0. The average Bonchev–Trinajstić information content (AvgIpc) is 2.14. The van der Waals surface area contributed by atoms with Gasteiger partial charge in [0.15, 0.2) is 17.5 Å². The lowest BCUT2D eigenvalue weighted by molar-refractivity contribution is 0.446. The highest BCUT2D eigenvalue weighted by atomic mass is 35.5. The molecule has 0 unspecified atom stereocenters. The normalized spacial score (nSPS) is 8.87. The van der Waals surface area contributed by atoms with Gasteiger partial charge >= 0.3 is 0 Å². The third kappa shape index (κ3) is 4.91. The molecular formula is C10H7Cl2F3. The fourth-order valence-electron chi connectivity index (χ4n) is 0.698. The lowest BCUT2D eigenvalue weighted by atomic mass is 10.2. The molecule has 1 aromatic carbocycles. The molecule has 0 N–H and O–H groups in total. The average molecular weight is 255 g/mol. The molecule has 0 amide bonds. The molecule has 0 nitrogen and oxygen atoms in total. The van der Waals surface area contributed by atoms with E-state index in [0.717, 1.165) is 18.2 Å². The Kier molecular flexibility index (Phi) is 6.13. The van der Waals surface area contributed by atoms with Gasteiger partial charge in [0.1, 0.15) is 0 Å². The van der Waals surface area contributed by atoms with Gasteiger partial charge in [0.05, 0.1) is 4.49 Å². The molecule has 0 bridgehead atoms. The maximum Gasteiger partial charge on any atom is 0.195 e. The second-order valence-electron chi connectivity index (χ2n) is 2.31. The summed E-state index contributed by atoms with van der Waals surface area (Å²) in [7, 11) is 0. The van der Waals surface area contributed by atoms with Crippen molar-refractivity contribution in [2.75, 3.05) is 0 Å². The Balaban J connectivity index is 0.000000423. The van der Waals surface area contributed by atoms with Gasteiger partial charge < -0.3 is 0 Å². The summed E-state index contributed by atoms with van der Waals surface area (Å²) in [5.41, 5.74) is -0.0381. The van der Waals surface area contributed by atoms with Gasteiger partial charge in [0, 0.05) is 5.56 Å². The Morgan fingerprint density at radius 3 is 2.00 bits per heavy atom. The SMILES string of the molecule is C=C(Cl)Cl.C=Cc1ccc(F)c(F)c1F. The van der Waals surface area contributed by atoms with Crippen LogP contribution in [0.3, 0.4) is 0 Å². The van der Waals surface area contributed by atoms with Crippen LogP contribution in [0.25, 0.3) is 6.08 Å². The Bertz CT molecular complexity index is 371. The monoisotopic (exact) mass is 254 g/mol. The fourth-order valence-corrected chi connectivity index (χ4v) is 0.698. The van der Waals surface area contributed by atoms with E-state index in [-0.39, 0.29) is 10.1 Å². The summed E-state index contributed by atoms with van der Waals surface area (Å²) >= 11 is 9.69. The predicted octanol–water partition coefficient (Wildman–Crippen LogP) is 4.68. The first-order valence-electron chi connectivity index (χ1n) is 3.66. The minimum Gasteiger partial charge on any atom is -0.204 e. The van der Waals surface area contributed by atoms with Crippen molar-refractivity contribution in [2.45, 2.75) is 0 Å². The quantitative estimate of drug-likeness (QED) is 0.639. The van der Waals surface area contributed by atoms with Crippen LogP contribution >= 0.6 is 23.2 Å². The van der Waals surface area contributed by atoms with E-state index >= 15 is 0 Å². The molecule has 0 aliphatic rings. The van der Waals surface area contributed by atoms with Gasteiger partial charge in [-0.3, -0.25) is 0 Å². The van der Waals surface area contributed by atoms with E-state index in [1.54, 1.807) is 0 Å².